The number of nitrogens with zero attached hydrogens (tertiary/aromatic N) is 1. The van der Waals surface area contributed by atoms with Crippen LogP contribution in [0.4, 0.5) is 14.5 Å². The van der Waals surface area contributed by atoms with Gasteiger partial charge in [0, 0.05) is 31.3 Å². The maximum Gasteiger partial charge on any atom is 0.225 e. The quantitative estimate of drug-likeness (QED) is 0.866. The predicted octanol–water partition coefficient (Wildman–Crippen LogP) is 3.85. The molecule has 0 heterocycles. The number of hydrogen-bond donors (Lipinski definition) is 1. The molecule has 2 aromatic carbocycles. The van der Waals surface area contributed by atoms with Crippen LogP contribution in [0, 0.1) is 11.6 Å². The molecule has 0 aliphatic rings. The molecule has 0 unspecified atom stereocenters. The maximum absolute atomic E-state index is 13.1. The lowest BCUT2D eigenvalue weighted by atomic mass is 10.2. The Labute approximate surface area is 140 Å². The third kappa shape index (κ3) is 6.34. The Balaban J connectivity index is 0.00000264. The molecule has 1 N–H and O–H groups in total. The van der Waals surface area contributed by atoms with Crippen LogP contribution < -0.4 is 5.32 Å². The van der Waals surface area contributed by atoms with Gasteiger partial charge in [0.15, 0.2) is 11.6 Å². The van der Waals surface area contributed by atoms with Crippen LogP contribution in [-0.2, 0) is 11.3 Å². The van der Waals surface area contributed by atoms with E-state index in [1.807, 2.05) is 42.3 Å². The molecule has 124 valence electrons. The number of anilines is 1. The average molecular weight is 341 g/mol. The minimum absolute atomic E-state index is 0. The lowest BCUT2D eigenvalue weighted by Crippen LogP contribution is -2.24. The molecule has 0 atom stereocenters. The molecular formula is C17H19ClF2N2O. The fourth-order valence-electron chi connectivity index (χ4n) is 2.06. The van der Waals surface area contributed by atoms with Crippen molar-refractivity contribution in [2.24, 2.45) is 0 Å². The molecule has 0 saturated heterocycles. The van der Waals surface area contributed by atoms with E-state index in [-0.39, 0.29) is 30.4 Å². The zero-order valence-electron chi connectivity index (χ0n) is 12.8. The van der Waals surface area contributed by atoms with Crippen molar-refractivity contribution in [1.29, 1.82) is 0 Å². The van der Waals surface area contributed by atoms with Crippen molar-refractivity contribution in [3.8, 4) is 0 Å². The Morgan fingerprint density at radius 3 is 2.43 bits per heavy atom. The van der Waals surface area contributed by atoms with Crippen LogP contribution in [0.15, 0.2) is 48.5 Å². The van der Waals surface area contributed by atoms with E-state index in [1.54, 1.807) is 0 Å². The molecule has 0 spiro atoms. The summed E-state index contributed by atoms with van der Waals surface area (Å²) < 4.78 is 25.9. The van der Waals surface area contributed by atoms with E-state index in [2.05, 4.69) is 5.32 Å². The summed E-state index contributed by atoms with van der Waals surface area (Å²) in [5, 5.41) is 2.56. The normalized spacial score (nSPS) is 10.3. The summed E-state index contributed by atoms with van der Waals surface area (Å²) in [6.07, 6.45) is 0.280. The highest BCUT2D eigenvalue weighted by Gasteiger charge is 2.08. The molecule has 3 nitrogen and oxygen atoms in total. The minimum Gasteiger partial charge on any atom is -0.326 e. The fourth-order valence-corrected chi connectivity index (χ4v) is 2.06. The van der Waals surface area contributed by atoms with Crippen molar-refractivity contribution in [1.82, 2.24) is 4.90 Å². The largest absolute Gasteiger partial charge is 0.326 e. The van der Waals surface area contributed by atoms with Gasteiger partial charge in [-0.05, 0) is 24.7 Å². The van der Waals surface area contributed by atoms with Gasteiger partial charge in [-0.1, -0.05) is 30.3 Å². The molecule has 1 amide bonds. The Morgan fingerprint density at radius 2 is 1.78 bits per heavy atom. The van der Waals surface area contributed by atoms with E-state index in [1.165, 1.54) is 11.6 Å². The van der Waals surface area contributed by atoms with E-state index in [9.17, 15) is 13.6 Å². The third-order valence-corrected chi connectivity index (χ3v) is 3.22. The standard InChI is InChI=1S/C17H18F2N2O.ClH/c1-21(12-13-5-3-2-4-6-13)10-9-17(22)20-14-7-8-15(18)16(19)11-14;/h2-8,11H,9-10,12H2,1H3,(H,20,22);1H. The first-order valence-corrected chi connectivity index (χ1v) is 7.02. The van der Waals surface area contributed by atoms with Gasteiger partial charge in [0.2, 0.25) is 5.91 Å². The number of benzene rings is 2. The second-order valence-corrected chi connectivity index (χ2v) is 5.15. The number of hydrogen-bond acceptors (Lipinski definition) is 2. The van der Waals surface area contributed by atoms with Crippen molar-refractivity contribution >= 4 is 24.0 Å². The molecular weight excluding hydrogens is 322 g/mol. The van der Waals surface area contributed by atoms with Crippen LogP contribution in [0.3, 0.4) is 0 Å². The minimum atomic E-state index is -0.973. The molecule has 2 rings (SSSR count). The fraction of sp³-hybridized carbons (Fsp3) is 0.235. The third-order valence-electron chi connectivity index (χ3n) is 3.22. The maximum atomic E-state index is 13.1. The van der Waals surface area contributed by atoms with E-state index in [4.69, 9.17) is 0 Å². The average Bonchev–Trinajstić information content (AvgIpc) is 2.50. The van der Waals surface area contributed by atoms with Crippen molar-refractivity contribution < 1.29 is 13.6 Å². The van der Waals surface area contributed by atoms with Crippen LogP contribution in [-0.4, -0.2) is 24.4 Å². The van der Waals surface area contributed by atoms with Gasteiger partial charge in [-0.25, -0.2) is 8.78 Å². The molecule has 0 aliphatic carbocycles. The summed E-state index contributed by atoms with van der Waals surface area (Å²) in [6.45, 7) is 1.32. The molecule has 0 aromatic heterocycles. The van der Waals surface area contributed by atoms with Crippen molar-refractivity contribution in [3.63, 3.8) is 0 Å². The number of rotatable bonds is 6. The topological polar surface area (TPSA) is 32.3 Å². The first-order valence-electron chi connectivity index (χ1n) is 7.02. The van der Waals surface area contributed by atoms with Crippen LogP contribution in [0.2, 0.25) is 0 Å². The van der Waals surface area contributed by atoms with Crippen molar-refractivity contribution in [2.45, 2.75) is 13.0 Å². The van der Waals surface area contributed by atoms with Gasteiger partial charge in [-0.15, -0.1) is 12.4 Å². The van der Waals surface area contributed by atoms with E-state index < -0.39 is 11.6 Å². The molecule has 0 radical (unpaired) electrons. The van der Waals surface area contributed by atoms with Gasteiger partial charge in [0.1, 0.15) is 0 Å². The lowest BCUT2D eigenvalue weighted by Gasteiger charge is -2.16. The zero-order valence-corrected chi connectivity index (χ0v) is 13.6. The van der Waals surface area contributed by atoms with E-state index in [0.29, 0.717) is 6.54 Å². The van der Waals surface area contributed by atoms with Crippen molar-refractivity contribution in [3.05, 3.63) is 65.7 Å². The monoisotopic (exact) mass is 340 g/mol. The number of carbonyl (C=O) groups excluding carboxylic acids is 1. The first-order chi connectivity index (χ1) is 10.5. The Hall–Kier alpha value is -1.98. The summed E-state index contributed by atoms with van der Waals surface area (Å²) in [5.41, 5.74) is 1.43. The Kier molecular flexibility index (Phi) is 7.65. The summed E-state index contributed by atoms with van der Waals surface area (Å²) in [4.78, 5) is 13.8. The second kappa shape index (κ2) is 9.22. The van der Waals surface area contributed by atoms with E-state index in [0.717, 1.165) is 18.7 Å². The highest BCUT2D eigenvalue weighted by Crippen LogP contribution is 2.13. The lowest BCUT2D eigenvalue weighted by molar-refractivity contribution is -0.116. The SMILES string of the molecule is CN(CCC(=O)Nc1ccc(F)c(F)c1)Cc1ccccc1.Cl. The van der Waals surface area contributed by atoms with Gasteiger partial charge in [-0.2, -0.15) is 0 Å². The predicted molar refractivity (Wildman–Crippen MR) is 89.6 cm³/mol. The number of carbonyl (C=O) groups is 1. The summed E-state index contributed by atoms with van der Waals surface area (Å²) in [6, 6.07) is 13.3. The Morgan fingerprint density at radius 1 is 1.09 bits per heavy atom. The van der Waals surface area contributed by atoms with Gasteiger partial charge in [-0.3, -0.25) is 4.79 Å². The van der Waals surface area contributed by atoms with Crippen LogP contribution in [0.5, 0.6) is 0 Å². The molecule has 0 bridgehead atoms. The first kappa shape index (κ1) is 19.1. The smallest absolute Gasteiger partial charge is 0.225 e. The van der Waals surface area contributed by atoms with Crippen LogP contribution in [0.25, 0.3) is 0 Å². The number of amides is 1. The van der Waals surface area contributed by atoms with Crippen LogP contribution >= 0.6 is 12.4 Å². The van der Waals surface area contributed by atoms with Crippen LogP contribution in [0.1, 0.15) is 12.0 Å². The zero-order chi connectivity index (χ0) is 15.9. The summed E-state index contributed by atoms with van der Waals surface area (Å²) in [7, 11) is 1.93. The second-order valence-electron chi connectivity index (χ2n) is 5.15. The van der Waals surface area contributed by atoms with Crippen molar-refractivity contribution in [2.75, 3.05) is 18.9 Å². The Bertz CT molecular complexity index is 638. The molecule has 6 heteroatoms. The van der Waals surface area contributed by atoms with Gasteiger partial charge >= 0.3 is 0 Å². The van der Waals surface area contributed by atoms with Gasteiger partial charge in [0.25, 0.3) is 0 Å². The molecule has 0 saturated carbocycles. The summed E-state index contributed by atoms with van der Waals surface area (Å²) in [5.74, 6) is -2.13. The highest BCUT2D eigenvalue weighted by atomic mass is 35.5. The molecule has 23 heavy (non-hydrogen) atoms. The molecule has 2 aromatic rings. The van der Waals surface area contributed by atoms with E-state index >= 15 is 0 Å². The van der Waals surface area contributed by atoms with Gasteiger partial charge < -0.3 is 10.2 Å². The highest BCUT2D eigenvalue weighted by molar-refractivity contribution is 5.90. The van der Waals surface area contributed by atoms with Gasteiger partial charge in [0.05, 0.1) is 0 Å². The summed E-state index contributed by atoms with van der Waals surface area (Å²) >= 11 is 0. The number of nitrogens with one attached hydrogen (secondary N) is 1. The number of halogens is 3. The molecule has 0 fully saturated rings. The molecule has 0 aliphatic heterocycles.